The van der Waals surface area contributed by atoms with Crippen molar-refractivity contribution < 1.29 is 19.1 Å². The van der Waals surface area contributed by atoms with E-state index in [1.807, 2.05) is 0 Å². The second-order valence-electron chi connectivity index (χ2n) is 4.24. The normalized spacial score (nSPS) is 18.8. The fourth-order valence-electron chi connectivity index (χ4n) is 2.00. The molecule has 1 aromatic carbocycles. The van der Waals surface area contributed by atoms with Gasteiger partial charge in [0.2, 0.25) is 0 Å². The fraction of sp³-hybridized carbons (Fsp3) is 0.385. The van der Waals surface area contributed by atoms with Crippen LogP contribution in [0.5, 0.6) is 0 Å². The van der Waals surface area contributed by atoms with E-state index in [1.165, 1.54) is 24.1 Å². The molecule has 0 spiro atoms. The number of carbonyl (C=O) groups is 2. The highest BCUT2D eigenvalue weighted by Crippen LogP contribution is 2.24. The van der Waals surface area contributed by atoms with E-state index in [4.69, 9.17) is 27.9 Å². The molecular weight excluding hydrogens is 305 g/mol. The van der Waals surface area contributed by atoms with Crippen LogP contribution in [0.1, 0.15) is 10.4 Å². The van der Waals surface area contributed by atoms with Crippen LogP contribution >= 0.6 is 23.2 Å². The molecule has 1 atom stereocenters. The van der Waals surface area contributed by atoms with Crippen LogP contribution in [0.15, 0.2) is 18.2 Å². The van der Waals surface area contributed by atoms with Gasteiger partial charge in [-0.05, 0) is 18.2 Å². The minimum atomic E-state index is -0.756. The first-order valence-corrected chi connectivity index (χ1v) is 6.71. The highest BCUT2D eigenvalue weighted by molar-refractivity contribution is 6.36. The quantitative estimate of drug-likeness (QED) is 0.783. The van der Waals surface area contributed by atoms with Crippen molar-refractivity contribution in [2.24, 2.45) is 0 Å². The maximum atomic E-state index is 12.5. The Balaban J connectivity index is 2.27. The number of rotatable bonds is 2. The van der Waals surface area contributed by atoms with E-state index >= 15 is 0 Å². The second-order valence-corrected chi connectivity index (χ2v) is 5.08. The number of amides is 1. The zero-order valence-electron chi connectivity index (χ0n) is 10.8. The van der Waals surface area contributed by atoms with Crippen LogP contribution in [-0.4, -0.2) is 49.7 Å². The Morgan fingerprint density at radius 2 is 2.15 bits per heavy atom. The summed E-state index contributed by atoms with van der Waals surface area (Å²) < 4.78 is 9.91. The van der Waals surface area contributed by atoms with E-state index in [0.29, 0.717) is 23.7 Å². The number of methoxy groups -OCH3 is 1. The van der Waals surface area contributed by atoms with Crippen LogP contribution in [0.4, 0.5) is 0 Å². The van der Waals surface area contributed by atoms with Gasteiger partial charge in [0, 0.05) is 11.6 Å². The summed E-state index contributed by atoms with van der Waals surface area (Å²) in [4.78, 5) is 25.6. The summed E-state index contributed by atoms with van der Waals surface area (Å²) in [6.45, 7) is 0.783. The summed E-state index contributed by atoms with van der Waals surface area (Å²) >= 11 is 11.8. The Kier molecular flexibility index (Phi) is 4.86. The summed E-state index contributed by atoms with van der Waals surface area (Å²) in [5, 5.41) is 0.690. The summed E-state index contributed by atoms with van der Waals surface area (Å²) in [7, 11) is 1.27. The van der Waals surface area contributed by atoms with Gasteiger partial charge in [0.1, 0.15) is 0 Å². The Morgan fingerprint density at radius 3 is 2.80 bits per heavy atom. The van der Waals surface area contributed by atoms with Gasteiger partial charge in [0.05, 0.1) is 30.9 Å². The molecule has 1 aliphatic heterocycles. The first-order valence-electron chi connectivity index (χ1n) is 5.96. The molecule has 0 radical (unpaired) electrons. The van der Waals surface area contributed by atoms with Gasteiger partial charge in [-0.3, -0.25) is 4.79 Å². The monoisotopic (exact) mass is 317 g/mol. The number of hydrogen-bond acceptors (Lipinski definition) is 4. The lowest BCUT2D eigenvalue weighted by Crippen LogP contribution is -2.53. The Hall–Kier alpha value is -1.30. The molecule has 108 valence electrons. The van der Waals surface area contributed by atoms with Gasteiger partial charge in [-0.25, -0.2) is 4.79 Å². The average Bonchev–Trinajstić information content (AvgIpc) is 2.46. The van der Waals surface area contributed by atoms with Gasteiger partial charge in [0.15, 0.2) is 6.04 Å². The van der Waals surface area contributed by atoms with Crippen molar-refractivity contribution in [2.45, 2.75) is 6.04 Å². The van der Waals surface area contributed by atoms with Crippen molar-refractivity contribution in [3.63, 3.8) is 0 Å². The van der Waals surface area contributed by atoms with Crippen LogP contribution in [0.25, 0.3) is 0 Å². The third kappa shape index (κ3) is 3.06. The zero-order chi connectivity index (χ0) is 14.7. The average molecular weight is 318 g/mol. The minimum absolute atomic E-state index is 0.115. The van der Waals surface area contributed by atoms with Crippen LogP contribution in [-0.2, 0) is 14.3 Å². The number of hydrogen-bond donors (Lipinski definition) is 0. The first kappa shape index (κ1) is 15.1. The smallest absolute Gasteiger partial charge is 0.331 e. The number of nitrogens with zero attached hydrogens (tertiary/aromatic N) is 1. The van der Waals surface area contributed by atoms with Gasteiger partial charge < -0.3 is 14.4 Å². The molecule has 1 saturated heterocycles. The Morgan fingerprint density at radius 1 is 1.40 bits per heavy atom. The van der Waals surface area contributed by atoms with Crippen molar-refractivity contribution in [3.8, 4) is 0 Å². The van der Waals surface area contributed by atoms with E-state index in [9.17, 15) is 9.59 Å². The number of ether oxygens (including phenoxy) is 2. The number of esters is 1. The summed E-state index contributed by atoms with van der Waals surface area (Å²) in [5.41, 5.74) is 0.298. The molecule has 1 unspecified atom stereocenters. The molecule has 2 rings (SSSR count). The highest BCUT2D eigenvalue weighted by Gasteiger charge is 2.34. The van der Waals surface area contributed by atoms with E-state index < -0.39 is 12.0 Å². The lowest BCUT2D eigenvalue weighted by molar-refractivity contribution is -0.151. The second kappa shape index (κ2) is 6.43. The summed E-state index contributed by atoms with van der Waals surface area (Å²) in [6.07, 6.45) is 0. The maximum absolute atomic E-state index is 12.5. The van der Waals surface area contributed by atoms with Crippen LogP contribution in [0.3, 0.4) is 0 Å². The minimum Gasteiger partial charge on any atom is -0.467 e. The molecular formula is C13H13Cl2NO4. The Labute approximate surface area is 126 Å². The number of carbonyl (C=O) groups excluding carboxylic acids is 2. The van der Waals surface area contributed by atoms with Gasteiger partial charge in [-0.2, -0.15) is 0 Å². The SMILES string of the molecule is COC(=O)C1COCCN1C(=O)c1ccc(Cl)cc1Cl. The van der Waals surface area contributed by atoms with Crippen molar-refractivity contribution in [1.29, 1.82) is 0 Å². The molecule has 1 amide bonds. The number of halogens is 2. The van der Waals surface area contributed by atoms with Gasteiger partial charge >= 0.3 is 5.97 Å². The van der Waals surface area contributed by atoms with E-state index in [0.717, 1.165) is 0 Å². The molecule has 5 nitrogen and oxygen atoms in total. The highest BCUT2D eigenvalue weighted by atomic mass is 35.5. The maximum Gasteiger partial charge on any atom is 0.331 e. The van der Waals surface area contributed by atoms with Crippen molar-refractivity contribution in [2.75, 3.05) is 26.9 Å². The molecule has 1 heterocycles. The molecule has 20 heavy (non-hydrogen) atoms. The van der Waals surface area contributed by atoms with Crippen molar-refractivity contribution >= 4 is 35.1 Å². The topological polar surface area (TPSA) is 55.8 Å². The summed E-state index contributed by atoms with van der Waals surface area (Å²) in [5.74, 6) is -0.853. The molecule has 0 saturated carbocycles. The van der Waals surface area contributed by atoms with Gasteiger partial charge in [0.25, 0.3) is 5.91 Å². The predicted octanol–water partition coefficient (Wildman–Crippen LogP) is 2.01. The van der Waals surface area contributed by atoms with Gasteiger partial charge in [-0.15, -0.1) is 0 Å². The third-order valence-corrected chi connectivity index (χ3v) is 3.57. The van der Waals surface area contributed by atoms with E-state index in [2.05, 4.69) is 4.74 Å². The molecule has 0 bridgehead atoms. The Bertz CT molecular complexity index is 535. The zero-order valence-corrected chi connectivity index (χ0v) is 12.3. The molecule has 1 aromatic rings. The fourth-order valence-corrected chi connectivity index (χ4v) is 2.49. The number of morpholine rings is 1. The lowest BCUT2D eigenvalue weighted by Gasteiger charge is -2.33. The van der Waals surface area contributed by atoms with E-state index in [1.54, 1.807) is 6.07 Å². The van der Waals surface area contributed by atoms with Crippen LogP contribution < -0.4 is 0 Å². The molecule has 1 fully saturated rings. The molecule has 0 N–H and O–H groups in total. The first-order chi connectivity index (χ1) is 9.54. The largest absolute Gasteiger partial charge is 0.467 e. The predicted molar refractivity (Wildman–Crippen MR) is 74.1 cm³/mol. The van der Waals surface area contributed by atoms with Crippen LogP contribution in [0, 0.1) is 0 Å². The molecule has 0 aromatic heterocycles. The van der Waals surface area contributed by atoms with Crippen molar-refractivity contribution in [1.82, 2.24) is 4.90 Å². The number of benzene rings is 1. The molecule has 1 aliphatic rings. The van der Waals surface area contributed by atoms with Crippen molar-refractivity contribution in [3.05, 3.63) is 33.8 Å². The van der Waals surface area contributed by atoms with Gasteiger partial charge in [-0.1, -0.05) is 23.2 Å². The molecule has 0 aliphatic carbocycles. The van der Waals surface area contributed by atoms with E-state index in [-0.39, 0.29) is 17.5 Å². The standard InChI is InChI=1S/C13H13Cl2NO4/c1-19-13(18)11-7-20-5-4-16(11)12(17)9-3-2-8(14)6-10(9)15/h2-3,6,11H,4-5,7H2,1H3. The van der Waals surface area contributed by atoms with Crippen LogP contribution in [0.2, 0.25) is 10.0 Å². The lowest BCUT2D eigenvalue weighted by atomic mass is 10.1. The third-order valence-electron chi connectivity index (χ3n) is 3.02. The summed E-state index contributed by atoms with van der Waals surface area (Å²) in [6, 6.07) is 3.85. The molecule has 7 heteroatoms.